The minimum atomic E-state index is -0.997. The summed E-state index contributed by atoms with van der Waals surface area (Å²) in [6.45, 7) is 7.67. The highest BCUT2D eigenvalue weighted by Crippen LogP contribution is 2.24. The molecule has 2 atom stereocenters. The molecule has 2 rings (SSSR count). The van der Waals surface area contributed by atoms with Crippen molar-refractivity contribution in [1.29, 1.82) is 0 Å². The molecule has 1 heterocycles. The number of amides is 1. The van der Waals surface area contributed by atoms with Gasteiger partial charge in [-0.25, -0.2) is 4.79 Å². The molecule has 0 spiro atoms. The van der Waals surface area contributed by atoms with Gasteiger partial charge in [-0.1, -0.05) is 13.8 Å². The molecule has 0 aliphatic carbocycles. The zero-order valence-electron chi connectivity index (χ0n) is 12.2. The van der Waals surface area contributed by atoms with Crippen molar-refractivity contribution in [2.75, 3.05) is 13.1 Å². The van der Waals surface area contributed by atoms with E-state index < -0.39 is 5.97 Å². The van der Waals surface area contributed by atoms with Crippen molar-refractivity contribution >= 4 is 11.9 Å². The van der Waals surface area contributed by atoms with Gasteiger partial charge in [-0.3, -0.25) is 4.79 Å². The van der Waals surface area contributed by atoms with Crippen molar-refractivity contribution in [3.05, 3.63) is 34.9 Å². The van der Waals surface area contributed by atoms with Gasteiger partial charge >= 0.3 is 5.97 Å². The fraction of sp³-hybridized carbons (Fsp3) is 0.500. The van der Waals surface area contributed by atoms with Gasteiger partial charge in [0, 0.05) is 18.7 Å². The number of aryl methyl sites for hydroxylation is 1. The van der Waals surface area contributed by atoms with Gasteiger partial charge in [0.05, 0.1) is 5.56 Å². The van der Waals surface area contributed by atoms with E-state index in [1.54, 1.807) is 12.1 Å². The number of piperidine rings is 1. The summed E-state index contributed by atoms with van der Waals surface area (Å²) < 4.78 is 0. The molecule has 1 N–H and O–H groups in total. The highest BCUT2D eigenvalue weighted by Gasteiger charge is 2.26. The van der Waals surface area contributed by atoms with Gasteiger partial charge in [-0.05, 0) is 48.9 Å². The maximum Gasteiger partial charge on any atom is 0.335 e. The normalized spacial score (nSPS) is 22.6. The predicted octanol–water partition coefficient (Wildman–Crippen LogP) is 2.81. The second-order valence-electron chi connectivity index (χ2n) is 5.89. The van der Waals surface area contributed by atoms with Gasteiger partial charge in [0.25, 0.3) is 5.91 Å². The molecule has 108 valence electrons. The van der Waals surface area contributed by atoms with Gasteiger partial charge in [0.2, 0.25) is 0 Å². The number of hydrogen-bond acceptors (Lipinski definition) is 2. The Morgan fingerprint density at radius 1 is 1.15 bits per heavy atom. The zero-order chi connectivity index (χ0) is 14.9. The minimum Gasteiger partial charge on any atom is -0.478 e. The molecule has 1 aromatic carbocycles. The first-order chi connectivity index (χ1) is 9.38. The fourth-order valence-electron chi connectivity index (χ4n) is 2.66. The van der Waals surface area contributed by atoms with E-state index in [-0.39, 0.29) is 11.5 Å². The smallest absolute Gasteiger partial charge is 0.335 e. The Kier molecular flexibility index (Phi) is 4.12. The van der Waals surface area contributed by atoms with Gasteiger partial charge in [0.1, 0.15) is 0 Å². The molecular weight excluding hydrogens is 254 g/mol. The summed E-state index contributed by atoms with van der Waals surface area (Å²) in [4.78, 5) is 25.4. The molecule has 1 amide bonds. The van der Waals surface area contributed by atoms with E-state index in [4.69, 9.17) is 5.11 Å². The van der Waals surface area contributed by atoms with E-state index in [0.717, 1.165) is 25.1 Å². The van der Waals surface area contributed by atoms with Crippen LogP contribution in [-0.4, -0.2) is 35.0 Å². The van der Waals surface area contributed by atoms with Gasteiger partial charge in [0.15, 0.2) is 0 Å². The average molecular weight is 275 g/mol. The maximum absolute atomic E-state index is 12.5. The molecule has 0 bridgehead atoms. The van der Waals surface area contributed by atoms with Crippen LogP contribution >= 0.6 is 0 Å². The van der Waals surface area contributed by atoms with Crippen LogP contribution in [0.1, 0.15) is 46.5 Å². The molecule has 0 saturated carbocycles. The molecule has 1 aliphatic heterocycles. The number of carboxylic acid groups (broad SMARTS) is 1. The molecule has 1 fully saturated rings. The molecule has 1 aliphatic rings. The number of carbonyl (C=O) groups is 2. The second kappa shape index (κ2) is 5.65. The molecule has 0 aromatic heterocycles. The van der Waals surface area contributed by atoms with Crippen LogP contribution in [0.25, 0.3) is 0 Å². The van der Waals surface area contributed by atoms with Crippen LogP contribution in [0, 0.1) is 18.8 Å². The Hall–Kier alpha value is -1.84. The van der Waals surface area contributed by atoms with Crippen molar-refractivity contribution in [2.24, 2.45) is 11.8 Å². The van der Waals surface area contributed by atoms with E-state index in [9.17, 15) is 9.59 Å². The van der Waals surface area contributed by atoms with E-state index in [0.29, 0.717) is 17.4 Å². The van der Waals surface area contributed by atoms with Crippen LogP contribution in [0.2, 0.25) is 0 Å². The number of carboxylic acids is 1. The third-order valence-electron chi connectivity index (χ3n) is 4.19. The number of rotatable bonds is 2. The lowest BCUT2D eigenvalue weighted by atomic mass is 9.88. The summed E-state index contributed by atoms with van der Waals surface area (Å²) in [7, 11) is 0. The SMILES string of the molecule is Cc1cc(C(=O)O)cc(C(=O)N2CCC(C)C(C)C2)c1. The van der Waals surface area contributed by atoms with E-state index >= 15 is 0 Å². The molecule has 1 saturated heterocycles. The summed E-state index contributed by atoms with van der Waals surface area (Å²) in [6, 6.07) is 4.82. The van der Waals surface area contributed by atoms with Gasteiger partial charge < -0.3 is 10.0 Å². The monoisotopic (exact) mass is 275 g/mol. The summed E-state index contributed by atoms with van der Waals surface area (Å²) in [5.41, 5.74) is 1.45. The third-order valence-corrected chi connectivity index (χ3v) is 4.19. The molecular formula is C16H21NO3. The maximum atomic E-state index is 12.5. The average Bonchev–Trinajstić information content (AvgIpc) is 2.40. The Bertz CT molecular complexity index is 539. The molecule has 2 unspecified atom stereocenters. The largest absolute Gasteiger partial charge is 0.478 e. The fourth-order valence-corrected chi connectivity index (χ4v) is 2.66. The molecule has 20 heavy (non-hydrogen) atoms. The Morgan fingerprint density at radius 3 is 2.40 bits per heavy atom. The number of benzene rings is 1. The summed E-state index contributed by atoms with van der Waals surface area (Å²) in [5, 5.41) is 9.08. The number of likely N-dealkylation sites (tertiary alicyclic amines) is 1. The number of carbonyl (C=O) groups excluding carboxylic acids is 1. The summed E-state index contributed by atoms with van der Waals surface area (Å²) in [6.07, 6.45) is 1.00. The Labute approximate surface area is 119 Å². The van der Waals surface area contributed by atoms with Gasteiger partial charge in [-0.15, -0.1) is 0 Å². The molecule has 4 heteroatoms. The van der Waals surface area contributed by atoms with Crippen molar-refractivity contribution < 1.29 is 14.7 Å². The van der Waals surface area contributed by atoms with Gasteiger partial charge in [-0.2, -0.15) is 0 Å². The first kappa shape index (κ1) is 14.6. The topological polar surface area (TPSA) is 57.6 Å². The summed E-state index contributed by atoms with van der Waals surface area (Å²) >= 11 is 0. The highest BCUT2D eigenvalue weighted by molar-refractivity contribution is 5.97. The zero-order valence-corrected chi connectivity index (χ0v) is 12.2. The lowest BCUT2D eigenvalue weighted by molar-refractivity contribution is 0.0627. The van der Waals surface area contributed by atoms with Crippen molar-refractivity contribution in [2.45, 2.75) is 27.2 Å². The molecule has 1 aromatic rings. The van der Waals surface area contributed by atoms with Crippen molar-refractivity contribution in [3.63, 3.8) is 0 Å². The standard InChI is InChI=1S/C16H21NO3/c1-10-6-13(8-14(7-10)16(19)20)15(18)17-5-4-11(2)12(3)9-17/h6-8,11-12H,4-5,9H2,1-3H3,(H,19,20). The third kappa shape index (κ3) is 3.00. The van der Waals surface area contributed by atoms with E-state index in [1.165, 1.54) is 6.07 Å². The van der Waals surface area contributed by atoms with E-state index in [1.807, 2.05) is 11.8 Å². The van der Waals surface area contributed by atoms with Crippen molar-refractivity contribution in [1.82, 2.24) is 4.90 Å². The summed E-state index contributed by atoms with van der Waals surface area (Å²) in [5.74, 6) is 0.0564. The highest BCUT2D eigenvalue weighted by atomic mass is 16.4. The Balaban J connectivity index is 2.23. The van der Waals surface area contributed by atoms with Crippen molar-refractivity contribution in [3.8, 4) is 0 Å². The quantitative estimate of drug-likeness (QED) is 0.903. The first-order valence-corrected chi connectivity index (χ1v) is 7.02. The minimum absolute atomic E-state index is 0.0602. The van der Waals surface area contributed by atoms with Crippen LogP contribution in [0.5, 0.6) is 0 Å². The first-order valence-electron chi connectivity index (χ1n) is 7.02. The van der Waals surface area contributed by atoms with Crippen LogP contribution < -0.4 is 0 Å². The second-order valence-corrected chi connectivity index (χ2v) is 5.89. The van der Waals surface area contributed by atoms with Crippen LogP contribution in [-0.2, 0) is 0 Å². The Morgan fingerprint density at radius 2 is 1.80 bits per heavy atom. The lowest BCUT2D eigenvalue weighted by Gasteiger charge is -2.35. The van der Waals surface area contributed by atoms with Crippen LogP contribution in [0.15, 0.2) is 18.2 Å². The number of hydrogen-bond donors (Lipinski definition) is 1. The molecule has 0 radical (unpaired) electrons. The van der Waals surface area contributed by atoms with Crippen LogP contribution in [0.4, 0.5) is 0 Å². The van der Waals surface area contributed by atoms with E-state index in [2.05, 4.69) is 13.8 Å². The predicted molar refractivity (Wildman–Crippen MR) is 77.0 cm³/mol. The number of aromatic carboxylic acids is 1. The molecule has 4 nitrogen and oxygen atoms in total. The van der Waals surface area contributed by atoms with Crippen LogP contribution in [0.3, 0.4) is 0 Å². The number of nitrogens with zero attached hydrogens (tertiary/aromatic N) is 1. The lowest BCUT2D eigenvalue weighted by Crippen LogP contribution is -2.42.